The molecule has 134 valence electrons. The Morgan fingerprint density at radius 1 is 1.28 bits per heavy atom. The minimum Gasteiger partial charge on any atom is -0.469 e. The van der Waals surface area contributed by atoms with Crippen LogP contribution in [-0.4, -0.2) is 28.8 Å². The Morgan fingerprint density at radius 2 is 1.92 bits per heavy atom. The smallest absolute Gasteiger partial charge is 0.307 e. The molecule has 0 radical (unpaired) electrons. The van der Waals surface area contributed by atoms with E-state index in [0.717, 1.165) is 22.5 Å². The number of halogens is 1. The van der Waals surface area contributed by atoms with Crippen molar-refractivity contribution in [3.8, 4) is 0 Å². The molecule has 1 heterocycles. The van der Waals surface area contributed by atoms with Crippen LogP contribution in [0.3, 0.4) is 0 Å². The number of methoxy groups -OCH3 is 1. The van der Waals surface area contributed by atoms with E-state index in [1.165, 1.54) is 7.11 Å². The zero-order valence-electron chi connectivity index (χ0n) is 14.8. The highest BCUT2D eigenvalue weighted by Crippen LogP contribution is 2.21. The van der Waals surface area contributed by atoms with E-state index in [0.29, 0.717) is 5.02 Å². The second-order valence-corrected chi connectivity index (χ2v) is 6.34. The molecular formula is C18H22ClN3O3. The summed E-state index contributed by atoms with van der Waals surface area (Å²) < 4.78 is 6.49. The maximum atomic E-state index is 12.5. The SMILES string of the molecule is COC(=O)CC(NC(=O)Cc1c(C)nn(C)c1C)c1ccc(Cl)cc1. The number of rotatable bonds is 6. The molecule has 0 bridgehead atoms. The van der Waals surface area contributed by atoms with Gasteiger partial charge in [0.1, 0.15) is 0 Å². The van der Waals surface area contributed by atoms with Crippen LogP contribution in [0.25, 0.3) is 0 Å². The van der Waals surface area contributed by atoms with Gasteiger partial charge in [-0.1, -0.05) is 23.7 Å². The van der Waals surface area contributed by atoms with Crippen LogP contribution in [0.4, 0.5) is 0 Å². The molecule has 1 N–H and O–H groups in total. The molecule has 2 rings (SSSR count). The molecule has 2 aromatic rings. The van der Waals surface area contributed by atoms with Gasteiger partial charge in [0.2, 0.25) is 5.91 Å². The van der Waals surface area contributed by atoms with Gasteiger partial charge in [-0.2, -0.15) is 5.10 Å². The molecule has 0 saturated carbocycles. The Hall–Kier alpha value is -2.34. The van der Waals surface area contributed by atoms with E-state index in [2.05, 4.69) is 10.4 Å². The summed E-state index contributed by atoms with van der Waals surface area (Å²) >= 11 is 5.91. The standard InChI is InChI=1S/C18H22ClN3O3/c1-11-15(12(2)22(3)21-11)9-17(23)20-16(10-18(24)25-4)13-5-7-14(19)8-6-13/h5-8,16H,9-10H2,1-4H3,(H,20,23). The fourth-order valence-corrected chi connectivity index (χ4v) is 2.80. The summed E-state index contributed by atoms with van der Waals surface area (Å²) in [6.07, 6.45) is 0.256. The van der Waals surface area contributed by atoms with Gasteiger partial charge in [-0.15, -0.1) is 0 Å². The van der Waals surface area contributed by atoms with Gasteiger partial charge < -0.3 is 10.1 Å². The lowest BCUT2D eigenvalue weighted by Crippen LogP contribution is -2.31. The lowest BCUT2D eigenvalue weighted by atomic mass is 10.0. The molecule has 0 spiro atoms. The van der Waals surface area contributed by atoms with Crippen LogP contribution in [0.2, 0.25) is 5.02 Å². The van der Waals surface area contributed by atoms with Gasteiger partial charge in [0.25, 0.3) is 0 Å². The van der Waals surface area contributed by atoms with Gasteiger partial charge in [-0.3, -0.25) is 14.3 Å². The fourth-order valence-electron chi connectivity index (χ4n) is 2.68. The van der Waals surface area contributed by atoms with E-state index in [9.17, 15) is 9.59 Å². The van der Waals surface area contributed by atoms with Crippen molar-refractivity contribution in [3.63, 3.8) is 0 Å². The van der Waals surface area contributed by atoms with Crippen molar-refractivity contribution in [2.45, 2.75) is 32.7 Å². The first kappa shape index (κ1) is 19.0. The summed E-state index contributed by atoms with van der Waals surface area (Å²) in [4.78, 5) is 24.2. The van der Waals surface area contributed by atoms with Crippen LogP contribution in [0.1, 0.15) is 35.0 Å². The molecular weight excluding hydrogens is 342 g/mol. The minimum atomic E-state index is -0.477. The Bertz CT molecular complexity index is 769. The van der Waals surface area contributed by atoms with Crippen molar-refractivity contribution >= 4 is 23.5 Å². The maximum Gasteiger partial charge on any atom is 0.307 e. The number of esters is 1. The quantitative estimate of drug-likeness (QED) is 0.801. The second-order valence-electron chi connectivity index (χ2n) is 5.90. The summed E-state index contributed by atoms with van der Waals surface area (Å²) in [5, 5.41) is 7.82. The van der Waals surface area contributed by atoms with E-state index in [4.69, 9.17) is 16.3 Å². The highest BCUT2D eigenvalue weighted by molar-refractivity contribution is 6.30. The van der Waals surface area contributed by atoms with Crippen LogP contribution >= 0.6 is 11.6 Å². The predicted molar refractivity (Wildman–Crippen MR) is 95.4 cm³/mol. The molecule has 1 atom stereocenters. The molecule has 1 amide bonds. The first-order valence-corrected chi connectivity index (χ1v) is 8.30. The molecule has 0 saturated heterocycles. The largest absolute Gasteiger partial charge is 0.469 e. The Morgan fingerprint density at radius 3 is 2.44 bits per heavy atom. The van der Waals surface area contributed by atoms with Crippen molar-refractivity contribution in [2.24, 2.45) is 7.05 Å². The molecule has 0 aliphatic heterocycles. The minimum absolute atomic E-state index is 0.0505. The lowest BCUT2D eigenvalue weighted by molar-refractivity contribution is -0.141. The number of carbonyl (C=O) groups is 2. The third-order valence-corrected chi connectivity index (χ3v) is 4.45. The first-order valence-electron chi connectivity index (χ1n) is 7.92. The van der Waals surface area contributed by atoms with Crippen LogP contribution in [-0.2, 0) is 27.8 Å². The average molecular weight is 364 g/mol. The van der Waals surface area contributed by atoms with Crippen LogP contribution in [0.5, 0.6) is 0 Å². The van der Waals surface area contributed by atoms with E-state index in [1.54, 1.807) is 28.9 Å². The van der Waals surface area contributed by atoms with Gasteiger partial charge >= 0.3 is 5.97 Å². The molecule has 6 nitrogen and oxygen atoms in total. The van der Waals surface area contributed by atoms with E-state index < -0.39 is 12.0 Å². The zero-order valence-corrected chi connectivity index (χ0v) is 15.6. The number of hydrogen-bond acceptors (Lipinski definition) is 4. The molecule has 0 aliphatic rings. The molecule has 1 aromatic carbocycles. The number of hydrogen-bond donors (Lipinski definition) is 1. The number of aromatic nitrogens is 2. The molecule has 1 unspecified atom stereocenters. The topological polar surface area (TPSA) is 73.2 Å². The van der Waals surface area contributed by atoms with E-state index in [-0.39, 0.29) is 18.7 Å². The predicted octanol–water partition coefficient (Wildman–Crippen LogP) is 2.65. The number of aryl methyl sites for hydroxylation is 2. The number of amides is 1. The van der Waals surface area contributed by atoms with E-state index in [1.807, 2.05) is 20.9 Å². The fraction of sp³-hybridized carbons (Fsp3) is 0.389. The number of ether oxygens (including phenoxy) is 1. The van der Waals surface area contributed by atoms with Crippen molar-refractivity contribution in [2.75, 3.05) is 7.11 Å². The van der Waals surface area contributed by atoms with Crippen LogP contribution in [0.15, 0.2) is 24.3 Å². The Labute approximate surface area is 152 Å². The average Bonchev–Trinajstić information content (AvgIpc) is 2.81. The van der Waals surface area contributed by atoms with Crippen molar-refractivity contribution < 1.29 is 14.3 Å². The second kappa shape index (κ2) is 8.16. The number of nitrogens with zero attached hydrogens (tertiary/aromatic N) is 2. The first-order chi connectivity index (χ1) is 11.8. The Balaban J connectivity index is 2.16. The van der Waals surface area contributed by atoms with Crippen molar-refractivity contribution in [1.29, 1.82) is 0 Å². The zero-order chi connectivity index (χ0) is 18.6. The molecule has 7 heteroatoms. The summed E-state index contributed by atoms with van der Waals surface area (Å²) in [5.41, 5.74) is 3.46. The van der Waals surface area contributed by atoms with Crippen molar-refractivity contribution in [1.82, 2.24) is 15.1 Å². The van der Waals surface area contributed by atoms with Gasteiger partial charge in [0, 0.05) is 23.3 Å². The number of nitrogens with one attached hydrogen (secondary N) is 1. The normalized spacial score (nSPS) is 11.9. The molecule has 0 aliphatic carbocycles. The molecule has 0 fully saturated rings. The third kappa shape index (κ3) is 4.82. The summed E-state index contributed by atoms with van der Waals surface area (Å²) in [6.45, 7) is 3.80. The molecule has 25 heavy (non-hydrogen) atoms. The van der Waals surface area contributed by atoms with Crippen LogP contribution < -0.4 is 5.32 Å². The van der Waals surface area contributed by atoms with Crippen LogP contribution in [0, 0.1) is 13.8 Å². The van der Waals surface area contributed by atoms with Crippen molar-refractivity contribution in [3.05, 3.63) is 51.8 Å². The summed E-state index contributed by atoms with van der Waals surface area (Å²) in [5.74, 6) is -0.572. The molecule has 1 aromatic heterocycles. The Kier molecular flexibility index (Phi) is 6.20. The lowest BCUT2D eigenvalue weighted by Gasteiger charge is -2.18. The van der Waals surface area contributed by atoms with Gasteiger partial charge in [-0.25, -0.2) is 0 Å². The highest BCUT2D eigenvalue weighted by atomic mass is 35.5. The number of carbonyl (C=O) groups excluding carboxylic acids is 2. The maximum absolute atomic E-state index is 12.5. The number of benzene rings is 1. The highest BCUT2D eigenvalue weighted by Gasteiger charge is 2.21. The monoisotopic (exact) mass is 363 g/mol. The van der Waals surface area contributed by atoms with Gasteiger partial charge in [-0.05, 0) is 31.5 Å². The summed E-state index contributed by atoms with van der Waals surface area (Å²) in [6, 6.07) is 6.55. The summed E-state index contributed by atoms with van der Waals surface area (Å²) in [7, 11) is 3.17. The third-order valence-electron chi connectivity index (χ3n) is 4.20. The van der Waals surface area contributed by atoms with E-state index >= 15 is 0 Å². The van der Waals surface area contributed by atoms with Gasteiger partial charge in [0.05, 0.1) is 31.7 Å². The van der Waals surface area contributed by atoms with Gasteiger partial charge in [0.15, 0.2) is 0 Å².